The summed E-state index contributed by atoms with van der Waals surface area (Å²) in [7, 11) is 0. The molecule has 0 amide bonds. The van der Waals surface area contributed by atoms with Gasteiger partial charge in [-0.2, -0.15) is 0 Å². The summed E-state index contributed by atoms with van der Waals surface area (Å²) in [4.78, 5) is 10.4. The first-order valence-corrected chi connectivity index (χ1v) is 4.65. The van der Waals surface area contributed by atoms with E-state index >= 15 is 0 Å². The third kappa shape index (κ3) is 2.29. The summed E-state index contributed by atoms with van der Waals surface area (Å²) >= 11 is 0. The fraction of sp³-hybridized carbons (Fsp3) is 0.400. The Morgan fingerprint density at radius 1 is 1.50 bits per heavy atom. The van der Waals surface area contributed by atoms with Gasteiger partial charge in [0, 0.05) is 11.6 Å². The molecule has 0 saturated heterocycles. The molecule has 0 heterocycles. The lowest BCUT2D eigenvalue weighted by Crippen LogP contribution is -2.04. The van der Waals surface area contributed by atoms with Gasteiger partial charge in [0.15, 0.2) is 0 Å². The van der Waals surface area contributed by atoms with Crippen molar-refractivity contribution in [3.8, 4) is 0 Å². The van der Waals surface area contributed by atoms with Crippen LogP contribution in [-0.2, 0) is 12.8 Å². The van der Waals surface area contributed by atoms with Crippen molar-refractivity contribution >= 4 is 5.69 Å². The quantitative estimate of drug-likeness (QED) is 0.585. The van der Waals surface area contributed by atoms with Crippen LogP contribution in [-0.4, -0.2) is 11.5 Å². The van der Waals surface area contributed by atoms with Crippen LogP contribution < -0.4 is 5.73 Å². The highest BCUT2D eigenvalue weighted by atomic mass is 16.6. The predicted molar refractivity (Wildman–Crippen MR) is 55.2 cm³/mol. The summed E-state index contributed by atoms with van der Waals surface area (Å²) in [6, 6.07) is 5.33. The van der Waals surface area contributed by atoms with E-state index in [1.807, 2.05) is 19.1 Å². The van der Waals surface area contributed by atoms with Crippen molar-refractivity contribution in [2.24, 2.45) is 5.73 Å². The van der Waals surface area contributed by atoms with E-state index < -0.39 is 0 Å². The smallest absolute Gasteiger partial charge is 0.272 e. The zero-order valence-electron chi connectivity index (χ0n) is 8.19. The van der Waals surface area contributed by atoms with Gasteiger partial charge in [-0.25, -0.2) is 0 Å². The minimum Gasteiger partial charge on any atom is -0.330 e. The van der Waals surface area contributed by atoms with Crippen molar-refractivity contribution < 1.29 is 4.92 Å². The van der Waals surface area contributed by atoms with E-state index in [9.17, 15) is 10.1 Å². The Hall–Kier alpha value is -1.42. The van der Waals surface area contributed by atoms with Crippen LogP contribution in [0.2, 0.25) is 0 Å². The fourth-order valence-corrected chi connectivity index (χ4v) is 1.40. The largest absolute Gasteiger partial charge is 0.330 e. The van der Waals surface area contributed by atoms with Crippen LogP contribution in [0.4, 0.5) is 5.69 Å². The van der Waals surface area contributed by atoms with Gasteiger partial charge in [-0.05, 0) is 24.9 Å². The molecule has 0 aliphatic rings. The lowest BCUT2D eigenvalue weighted by molar-refractivity contribution is -0.385. The van der Waals surface area contributed by atoms with Crippen LogP contribution in [0, 0.1) is 10.1 Å². The second kappa shape index (κ2) is 4.72. The van der Waals surface area contributed by atoms with E-state index in [2.05, 4.69) is 0 Å². The summed E-state index contributed by atoms with van der Waals surface area (Å²) < 4.78 is 0. The third-order valence-electron chi connectivity index (χ3n) is 2.16. The number of hydrogen-bond acceptors (Lipinski definition) is 3. The second-order valence-corrected chi connectivity index (χ2v) is 3.11. The summed E-state index contributed by atoms with van der Waals surface area (Å²) in [5.74, 6) is 0. The van der Waals surface area contributed by atoms with E-state index in [0.717, 1.165) is 11.1 Å². The van der Waals surface area contributed by atoms with Crippen molar-refractivity contribution in [1.29, 1.82) is 0 Å². The van der Waals surface area contributed by atoms with Crippen molar-refractivity contribution in [2.75, 3.05) is 6.54 Å². The molecule has 1 aromatic rings. The molecule has 0 aliphatic heterocycles. The number of nitrogens with zero attached hydrogens (tertiary/aromatic N) is 1. The first-order chi connectivity index (χ1) is 6.69. The van der Waals surface area contributed by atoms with Crippen molar-refractivity contribution in [2.45, 2.75) is 19.8 Å². The highest BCUT2D eigenvalue weighted by Gasteiger charge is 2.12. The molecular formula is C10H14N2O2. The molecule has 0 atom stereocenters. The lowest BCUT2D eigenvalue weighted by Gasteiger charge is -2.02. The van der Waals surface area contributed by atoms with Crippen LogP contribution in [0.5, 0.6) is 0 Å². The predicted octanol–water partition coefficient (Wildman–Crippen LogP) is 1.66. The van der Waals surface area contributed by atoms with Crippen LogP contribution in [0.15, 0.2) is 18.2 Å². The molecule has 0 spiro atoms. The Kier molecular flexibility index (Phi) is 3.59. The Bertz CT molecular complexity index is 337. The lowest BCUT2D eigenvalue weighted by atomic mass is 10.1. The summed E-state index contributed by atoms with van der Waals surface area (Å²) in [5.41, 5.74) is 7.30. The minimum atomic E-state index is -0.334. The first kappa shape index (κ1) is 10.7. The van der Waals surface area contributed by atoms with Crippen molar-refractivity contribution in [3.05, 3.63) is 39.4 Å². The Labute approximate surface area is 82.9 Å². The molecule has 4 nitrogen and oxygen atoms in total. The molecule has 1 aromatic carbocycles. The molecular weight excluding hydrogens is 180 g/mol. The molecule has 4 heteroatoms. The van der Waals surface area contributed by atoms with Gasteiger partial charge in [0.05, 0.1) is 4.92 Å². The number of nitro groups is 1. The van der Waals surface area contributed by atoms with Crippen LogP contribution in [0.1, 0.15) is 18.1 Å². The topological polar surface area (TPSA) is 69.2 Å². The Morgan fingerprint density at radius 3 is 2.71 bits per heavy atom. The summed E-state index contributed by atoms with van der Waals surface area (Å²) in [6.07, 6.45) is 1.37. The highest BCUT2D eigenvalue weighted by molar-refractivity contribution is 5.43. The molecule has 0 fully saturated rings. The maximum Gasteiger partial charge on any atom is 0.272 e. The fourth-order valence-electron chi connectivity index (χ4n) is 1.40. The third-order valence-corrected chi connectivity index (χ3v) is 2.16. The zero-order chi connectivity index (χ0) is 10.6. The number of benzene rings is 1. The number of nitro benzene ring substituents is 1. The minimum absolute atomic E-state index is 0.207. The van der Waals surface area contributed by atoms with E-state index in [4.69, 9.17) is 5.73 Å². The molecule has 0 saturated carbocycles. The van der Waals surface area contributed by atoms with Crippen molar-refractivity contribution in [3.63, 3.8) is 0 Å². The van der Waals surface area contributed by atoms with Gasteiger partial charge in [-0.3, -0.25) is 10.1 Å². The number of rotatable bonds is 4. The average Bonchev–Trinajstić information content (AvgIpc) is 2.18. The molecule has 76 valence electrons. The maximum absolute atomic E-state index is 10.7. The zero-order valence-corrected chi connectivity index (χ0v) is 8.19. The Balaban J connectivity index is 3.07. The van der Waals surface area contributed by atoms with Gasteiger partial charge in [0.2, 0.25) is 0 Å². The van der Waals surface area contributed by atoms with Crippen LogP contribution in [0.3, 0.4) is 0 Å². The van der Waals surface area contributed by atoms with Gasteiger partial charge < -0.3 is 5.73 Å². The van der Waals surface area contributed by atoms with Crippen molar-refractivity contribution in [1.82, 2.24) is 0 Å². The van der Waals surface area contributed by atoms with E-state index in [1.165, 1.54) is 0 Å². The second-order valence-electron chi connectivity index (χ2n) is 3.11. The summed E-state index contributed by atoms with van der Waals surface area (Å²) in [6.45, 7) is 2.42. The normalized spacial score (nSPS) is 10.1. The standard InChI is InChI=1S/C10H14N2O2/c1-2-9-4-3-8(5-6-11)7-10(9)12(13)14/h3-4,7H,2,5-6,11H2,1H3. The van der Waals surface area contributed by atoms with E-state index in [0.29, 0.717) is 19.4 Å². The molecule has 0 radical (unpaired) electrons. The Morgan fingerprint density at radius 2 is 2.21 bits per heavy atom. The highest BCUT2D eigenvalue weighted by Crippen LogP contribution is 2.20. The maximum atomic E-state index is 10.7. The van der Waals surface area contributed by atoms with E-state index in [1.54, 1.807) is 6.07 Å². The van der Waals surface area contributed by atoms with Gasteiger partial charge in [-0.1, -0.05) is 19.1 Å². The van der Waals surface area contributed by atoms with Gasteiger partial charge >= 0.3 is 0 Å². The molecule has 1 rings (SSSR count). The monoisotopic (exact) mass is 194 g/mol. The molecule has 2 N–H and O–H groups in total. The van der Waals surface area contributed by atoms with Gasteiger partial charge in [0.1, 0.15) is 0 Å². The molecule has 0 aromatic heterocycles. The van der Waals surface area contributed by atoms with Gasteiger partial charge in [-0.15, -0.1) is 0 Å². The molecule has 14 heavy (non-hydrogen) atoms. The number of nitrogens with two attached hydrogens (primary N) is 1. The molecule has 0 bridgehead atoms. The SMILES string of the molecule is CCc1ccc(CCN)cc1[N+](=O)[O-]. The van der Waals surface area contributed by atoms with E-state index in [-0.39, 0.29) is 10.6 Å². The molecule has 0 aliphatic carbocycles. The number of aryl methyl sites for hydroxylation is 1. The first-order valence-electron chi connectivity index (χ1n) is 4.65. The molecule has 0 unspecified atom stereocenters. The average molecular weight is 194 g/mol. The van der Waals surface area contributed by atoms with Gasteiger partial charge in [0.25, 0.3) is 5.69 Å². The van der Waals surface area contributed by atoms with Crippen LogP contribution >= 0.6 is 0 Å². The van der Waals surface area contributed by atoms with Crippen LogP contribution in [0.25, 0.3) is 0 Å². The number of hydrogen-bond donors (Lipinski definition) is 1. The summed E-state index contributed by atoms with van der Waals surface area (Å²) in [5, 5.41) is 10.7.